The highest BCUT2D eigenvalue weighted by Crippen LogP contribution is 2.23. The molecule has 0 atom stereocenters. The second-order valence-electron chi connectivity index (χ2n) is 3.86. The van der Waals surface area contributed by atoms with Gasteiger partial charge in [-0.05, 0) is 37.0 Å². The summed E-state index contributed by atoms with van der Waals surface area (Å²) in [5.41, 5.74) is 2.75. The Hall–Kier alpha value is -1.46. The Labute approximate surface area is 101 Å². The molecule has 1 aliphatic heterocycles. The van der Waals surface area contributed by atoms with Crippen LogP contribution in [0.2, 0.25) is 5.02 Å². The fourth-order valence-corrected chi connectivity index (χ4v) is 2.02. The van der Waals surface area contributed by atoms with Gasteiger partial charge in [0.05, 0.1) is 5.57 Å². The molecule has 1 fully saturated rings. The third-order valence-corrected chi connectivity index (χ3v) is 2.99. The minimum atomic E-state index is 0.697. The lowest BCUT2D eigenvalue weighted by Crippen LogP contribution is -2.21. The lowest BCUT2D eigenvalue weighted by atomic mass is 9.99. The minimum absolute atomic E-state index is 0.697. The zero-order valence-electron chi connectivity index (χ0n) is 8.96. The van der Waals surface area contributed by atoms with Crippen LogP contribution >= 0.6 is 11.6 Å². The Bertz CT molecular complexity index is 432. The van der Waals surface area contributed by atoms with E-state index in [0.717, 1.165) is 36.2 Å². The highest BCUT2D eigenvalue weighted by molar-refractivity contribution is 6.30. The molecule has 1 aromatic carbocycles. The molecule has 1 heterocycles. The van der Waals surface area contributed by atoms with Gasteiger partial charge in [-0.2, -0.15) is 5.26 Å². The molecule has 1 saturated heterocycles. The van der Waals surface area contributed by atoms with Crippen molar-refractivity contribution in [2.75, 3.05) is 6.54 Å². The van der Waals surface area contributed by atoms with Crippen LogP contribution in [-0.2, 0) is 0 Å². The van der Waals surface area contributed by atoms with Crippen LogP contribution in [-0.4, -0.2) is 6.54 Å². The standard InChI is InChI=1S/C13H13ClN2/c14-11-6-4-10(5-7-11)12(9-15)13-3-1-2-8-16-13/h4-7,16H,1-3,8H2/b13-12-. The molecule has 1 aromatic rings. The van der Waals surface area contributed by atoms with Crippen molar-refractivity contribution in [3.63, 3.8) is 0 Å². The molecule has 1 aliphatic rings. The van der Waals surface area contributed by atoms with Gasteiger partial charge >= 0.3 is 0 Å². The van der Waals surface area contributed by atoms with E-state index in [9.17, 15) is 5.26 Å². The summed E-state index contributed by atoms with van der Waals surface area (Å²) in [5.74, 6) is 0. The maximum Gasteiger partial charge on any atom is 0.102 e. The van der Waals surface area contributed by atoms with Crippen LogP contribution in [0, 0.1) is 11.3 Å². The molecular weight excluding hydrogens is 220 g/mol. The van der Waals surface area contributed by atoms with E-state index in [1.54, 1.807) is 0 Å². The van der Waals surface area contributed by atoms with E-state index in [1.807, 2.05) is 24.3 Å². The van der Waals surface area contributed by atoms with Gasteiger partial charge in [0.2, 0.25) is 0 Å². The number of benzene rings is 1. The summed E-state index contributed by atoms with van der Waals surface area (Å²) >= 11 is 5.83. The molecule has 2 nitrogen and oxygen atoms in total. The van der Waals surface area contributed by atoms with Gasteiger partial charge in [0, 0.05) is 17.3 Å². The van der Waals surface area contributed by atoms with Gasteiger partial charge in [-0.25, -0.2) is 0 Å². The molecule has 2 rings (SSSR count). The normalized spacial score (nSPS) is 18.5. The molecule has 0 unspecified atom stereocenters. The van der Waals surface area contributed by atoms with Crippen LogP contribution in [0.4, 0.5) is 0 Å². The number of nitrogens with one attached hydrogen (secondary N) is 1. The van der Waals surface area contributed by atoms with Crippen molar-refractivity contribution >= 4 is 17.2 Å². The Morgan fingerprint density at radius 3 is 2.56 bits per heavy atom. The topological polar surface area (TPSA) is 35.8 Å². The van der Waals surface area contributed by atoms with Gasteiger partial charge in [-0.3, -0.25) is 0 Å². The average molecular weight is 233 g/mol. The number of allylic oxidation sites excluding steroid dienone is 2. The first-order valence-corrected chi connectivity index (χ1v) is 5.82. The van der Waals surface area contributed by atoms with Crippen LogP contribution in [0.5, 0.6) is 0 Å². The number of nitrogens with zero attached hydrogens (tertiary/aromatic N) is 1. The van der Waals surface area contributed by atoms with Crippen molar-refractivity contribution in [3.05, 3.63) is 40.5 Å². The monoisotopic (exact) mass is 232 g/mol. The van der Waals surface area contributed by atoms with Crippen LogP contribution < -0.4 is 5.32 Å². The smallest absolute Gasteiger partial charge is 0.102 e. The molecule has 1 N–H and O–H groups in total. The Kier molecular flexibility index (Phi) is 3.48. The van der Waals surface area contributed by atoms with Crippen molar-refractivity contribution in [1.29, 1.82) is 5.26 Å². The van der Waals surface area contributed by atoms with E-state index in [2.05, 4.69) is 11.4 Å². The summed E-state index contributed by atoms with van der Waals surface area (Å²) in [6, 6.07) is 9.70. The number of hydrogen-bond donors (Lipinski definition) is 1. The first-order chi connectivity index (χ1) is 7.81. The largest absolute Gasteiger partial charge is 0.387 e. The summed E-state index contributed by atoms with van der Waals surface area (Å²) in [5, 5.41) is 13.2. The molecule has 0 aliphatic carbocycles. The molecule has 0 spiro atoms. The first-order valence-electron chi connectivity index (χ1n) is 5.44. The molecular formula is C13H13ClN2. The second kappa shape index (κ2) is 5.05. The van der Waals surface area contributed by atoms with Crippen molar-refractivity contribution in [2.45, 2.75) is 19.3 Å². The zero-order valence-corrected chi connectivity index (χ0v) is 9.72. The zero-order chi connectivity index (χ0) is 11.4. The predicted octanol–water partition coefficient (Wildman–Crippen LogP) is 3.35. The SMILES string of the molecule is N#C/C(=C1\CCCCN1)c1ccc(Cl)cc1. The second-order valence-corrected chi connectivity index (χ2v) is 4.29. The molecule has 16 heavy (non-hydrogen) atoms. The average Bonchev–Trinajstić information content (AvgIpc) is 2.34. The third kappa shape index (κ3) is 2.37. The van der Waals surface area contributed by atoms with Gasteiger partial charge in [0.1, 0.15) is 6.07 Å². The number of hydrogen-bond acceptors (Lipinski definition) is 2. The first kappa shape index (κ1) is 11.0. The molecule has 0 aromatic heterocycles. The molecule has 0 saturated carbocycles. The van der Waals surface area contributed by atoms with Crippen LogP contribution in [0.1, 0.15) is 24.8 Å². The summed E-state index contributed by atoms with van der Waals surface area (Å²) in [7, 11) is 0. The number of nitriles is 1. The van der Waals surface area contributed by atoms with E-state index >= 15 is 0 Å². The molecule has 3 heteroatoms. The van der Waals surface area contributed by atoms with E-state index < -0.39 is 0 Å². The van der Waals surface area contributed by atoms with Crippen molar-refractivity contribution in [2.24, 2.45) is 0 Å². The fraction of sp³-hybridized carbons (Fsp3) is 0.308. The van der Waals surface area contributed by atoms with Crippen LogP contribution in [0.25, 0.3) is 5.57 Å². The van der Waals surface area contributed by atoms with Crippen LogP contribution in [0.3, 0.4) is 0 Å². The maximum absolute atomic E-state index is 9.22. The van der Waals surface area contributed by atoms with E-state index in [0.29, 0.717) is 5.02 Å². The van der Waals surface area contributed by atoms with Crippen LogP contribution in [0.15, 0.2) is 30.0 Å². The predicted molar refractivity (Wildman–Crippen MR) is 65.8 cm³/mol. The third-order valence-electron chi connectivity index (χ3n) is 2.74. The quantitative estimate of drug-likeness (QED) is 0.754. The van der Waals surface area contributed by atoms with Crippen molar-refractivity contribution in [3.8, 4) is 6.07 Å². The summed E-state index contributed by atoms with van der Waals surface area (Å²) < 4.78 is 0. The summed E-state index contributed by atoms with van der Waals surface area (Å²) in [6.07, 6.45) is 3.30. The minimum Gasteiger partial charge on any atom is -0.387 e. The highest BCUT2D eigenvalue weighted by Gasteiger charge is 2.11. The lowest BCUT2D eigenvalue weighted by Gasteiger charge is -2.18. The molecule has 82 valence electrons. The fourth-order valence-electron chi connectivity index (χ4n) is 1.89. The lowest BCUT2D eigenvalue weighted by molar-refractivity contribution is 0.590. The number of rotatable bonds is 1. The van der Waals surface area contributed by atoms with Crippen molar-refractivity contribution < 1.29 is 0 Å². The van der Waals surface area contributed by atoms with E-state index in [1.165, 1.54) is 6.42 Å². The van der Waals surface area contributed by atoms with Gasteiger partial charge in [-0.1, -0.05) is 23.7 Å². The molecule has 0 radical (unpaired) electrons. The van der Waals surface area contributed by atoms with E-state index in [4.69, 9.17) is 11.6 Å². The Balaban J connectivity index is 2.35. The summed E-state index contributed by atoms with van der Waals surface area (Å²) in [4.78, 5) is 0. The number of piperidine rings is 1. The molecule has 0 bridgehead atoms. The maximum atomic E-state index is 9.22. The van der Waals surface area contributed by atoms with Gasteiger partial charge < -0.3 is 5.32 Å². The van der Waals surface area contributed by atoms with Gasteiger partial charge in [0.15, 0.2) is 0 Å². The van der Waals surface area contributed by atoms with E-state index in [-0.39, 0.29) is 0 Å². The summed E-state index contributed by atoms with van der Waals surface area (Å²) in [6.45, 7) is 0.966. The Morgan fingerprint density at radius 1 is 1.25 bits per heavy atom. The van der Waals surface area contributed by atoms with Gasteiger partial charge in [-0.15, -0.1) is 0 Å². The Morgan fingerprint density at radius 2 is 2.00 bits per heavy atom. The molecule has 0 amide bonds. The highest BCUT2D eigenvalue weighted by atomic mass is 35.5. The van der Waals surface area contributed by atoms with Gasteiger partial charge in [0.25, 0.3) is 0 Å². The number of halogens is 1. The van der Waals surface area contributed by atoms with Crippen molar-refractivity contribution in [1.82, 2.24) is 5.32 Å².